The fourth-order valence-electron chi connectivity index (χ4n) is 4.55. The molecule has 1 amide bonds. The van der Waals surface area contributed by atoms with Crippen molar-refractivity contribution in [1.29, 1.82) is 5.26 Å². The molecule has 1 saturated heterocycles. The number of oxazole rings is 1. The highest BCUT2D eigenvalue weighted by Crippen LogP contribution is 2.30. The number of hydrogen-bond acceptors (Lipinski definition) is 6. The van der Waals surface area contributed by atoms with E-state index in [1.165, 1.54) is 0 Å². The Hall–Kier alpha value is -3.15. The van der Waals surface area contributed by atoms with E-state index in [4.69, 9.17) is 9.15 Å². The molecule has 33 heavy (non-hydrogen) atoms. The quantitative estimate of drug-likeness (QED) is 0.523. The van der Waals surface area contributed by atoms with Crippen LogP contribution < -0.4 is 5.32 Å². The number of methoxy groups -OCH3 is 1. The molecule has 0 saturated carbocycles. The molecule has 1 aliphatic heterocycles. The predicted octanol–water partition coefficient (Wildman–Crippen LogP) is 3.97. The summed E-state index contributed by atoms with van der Waals surface area (Å²) in [5.41, 5.74) is 4.15. The van der Waals surface area contributed by atoms with Crippen molar-refractivity contribution in [3.05, 3.63) is 47.0 Å². The first-order chi connectivity index (χ1) is 16.0. The van der Waals surface area contributed by atoms with Crippen molar-refractivity contribution in [3.63, 3.8) is 0 Å². The summed E-state index contributed by atoms with van der Waals surface area (Å²) < 4.78 is 13.1. The van der Waals surface area contributed by atoms with Gasteiger partial charge in [-0.2, -0.15) is 5.26 Å². The fourth-order valence-corrected chi connectivity index (χ4v) is 4.55. The first-order valence-electron chi connectivity index (χ1n) is 11.5. The molecule has 0 radical (unpaired) electrons. The second-order valence-electron chi connectivity index (χ2n) is 8.66. The molecule has 1 N–H and O–H groups in total. The van der Waals surface area contributed by atoms with Crippen LogP contribution >= 0.6 is 0 Å². The molecule has 0 aliphatic carbocycles. The smallest absolute Gasteiger partial charge is 0.239 e. The number of benzene rings is 1. The first kappa shape index (κ1) is 23.0. The Labute approximate surface area is 194 Å². The molecule has 0 atom stereocenters. The first-order valence-corrected chi connectivity index (χ1v) is 11.5. The zero-order chi connectivity index (χ0) is 23.4. The number of ether oxygens (including phenoxy) is 1. The van der Waals surface area contributed by atoms with Gasteiger partial charge in [0.2, 0.25) is 5.91 Å². The SMILES string of the molecule is COCCCn1c(C)c(C)c(C#N)c1NC(=O)CN1CCC(c2nc3ccccc3o2)CC1. The number of nitriles is 1. The number of amides is 1. The third-order valence-corrected chi connectivity index (χ3v) is 6.54. The van der Waals surface area contributed by atoms with E-state index in [1.54, 1.807) is 7.11 Å². The van der Waals surface area contributed by atoms with Gasteiger partial charge in [-0.15, -0.1) is 0 Å². The highest BCUT2D eigenvalue weighted by molar-refractivity contribution is 5.93. The number of aromatic nitrogens is 2. The van der Waals surface area contributed by atoms with Gasteiger partial charge < -0.3 is 19.0 Å². The van der Waals surface area contributed by atoms with Crippen LogP contribution in [0.3, 0.4) is 0 Å². The number of nitrogens with zero attached hydrogens (tertiary/aromatic N) is 4. The number of anilines is 1. The number of hydrogen-bond donors (Lipinski definition) is 1. The largest absolute Gasteiger partial charge is 0.440 e. The van der Waals surface area contributed by atoms with Gasteiger partial charge in [0.05, 0.1) is 12.1 Å². The van der Waals surface area contributed by atoms with Crippen LogP contribution in [0.5, 0.6) is 0 Å². The van der Waals surface area contributed by atoms with Crippen LogP contribution in [-0.2, 0) is 16.1 Å². The average Bonchev–Trinajstić information content (AvgIpc) is 3.34. The number of para-hydroxylation sites is 2. The van der Waals surface area contributed by atoms with E-state index < -0.39 is 0 Å². The summed E-state index contributed by atoms with van der Waals surface area (Å²) in [7, 11) is 1.67. The van der Waals surface area contributed by atoms with E-state index in [-0.39, 0.29) is 11.8 Å². The Morgan fingerprint density at radius 2 is 2.06 bits per heavy atom. The van der Waals surface area contributed by atoms with Crippen molar-refractivity contribution in [2.75, 3.05) is 38.7 Å². The maximum absolute atomic E-state index is 12.9. The van der Waals surface area contributed by atoms with Gasteiger partial charge in [-0.1, -0.05) is 12.1 Å². The van der Waals surface area contributed by atoms with Crippen molar-refractivity contribution in [2.45, 2.75) is 45.6 Å². The predicted molar refractivity (Wildman–Crippen MR) is 126 cm³/mol. The zero-order valence-corrected chi connectivity index (χ0v) is 19.6. The lowest BCUT2D eigenvalue weighted by molar-refractivity contribution is -0.117. The van der Waals surface area contributed by atoms with Gasteiger partial charge in [-0.25, -0.2) is 4.98 Å². The Kier molecular flexibility index (Phi) is 7.11. The molecule has 8 heteroatoms. The van der Waals surface area contributed by atoms with Gasteiger partial charge in [0.15, 0.2) is 11.5 Å². The van der Waals surface area contributed by atoms with Gasteiger partial charge >= 0.3 is 0 Å². The number of rotatable bonds is 8. The van der Waals surface area contributed by atoms with Crippen LogP contribution in [0.15, 0.2) is 28.7 Å². The average molecular weight is 450 g/mol. The van der Waals surface area contributed by atoms with E-state index in [0.717, 1.165) is 60.6 Å². The van der Waals surface area contributed by atoms with Crippen molar-refractivity contribution < 1.29 is 13.9 Å². The minimum Gasteiger partial charge on any atom is -0.440 e. The molecule has 0 spiro atoms. The number of piperidine rings is 1. The molecule has 3 aromatic rings. The summed E-state index contributed by atoms with van der Waals surface area (Å²) in [5.74, 6) is 1.55. The van der Waals surface area contributed by atoms with Crippen molar-refractivity contribution in [1.82, 2.24) is 14.5 Å². The number of carbonyl (C=O) groups excluding carboxylic acids is 1. The lowest BCUT2D eigenvalue weighted by Crippen LogP contribution is -2.39. The molecule has 1 aliphatic rings. The van der Waals surface area contributed by atoms with Crippen LogP contribution in [0.1, 0.15) is 47.9 Å². The van der Waals surface area contributed by atoms with E-state index in [2.05, 4.69) is 21.3 Å². The van der Waals surface area contributed by atoms with E-state index in [0.29, 0.717) is 31.1 Å². The Bertz CT molecular complexity index is 1130. The Balaban J connectivity index is 1.37. The number of nitrogens with one attached hydrogen (secondary N) is 1. The minimum absolute atomic E-state index is 0.0997. The monoisotopic (exact) mass is 449 g/mol. The highest BCUT2D eigenvalue weighted by Gasteiger charge is 2.26. The summed E-state index contributed by atoms with van der Waals surface area (Å²) in [6.45, 7) is 7.12. The van der Waals surface area contributed by atoms with Crippen LogP contribution in [0.2, 0.25) is 0 Å². The third-order valence-electron chi connectivity index (χ3n) is 6.54. The van der Waals surface area contributed by atoms with E-state index in [9.17, 15) is 10.1 Å². The molecule has 8 nitrogen and oxygen atoms in total. The van der Waals surface area contributed by atoms with Crippen LogP contribution in [-0.4, -0.2) is 53.7 Å². The fraction of sp³-hybridized carbons (Fsp3) is 0.480. The number of likely N-dealkylation sites (tertiary alicyclic amines) is 1. The van der Waals surface area contributed by atoms with Crippen LogP contribution in [0.25, 0.3) is 11.1 Å². The van der Waals surface area contributed by atoms with Gasteiger partial charge in [-0.3, -0.25) is 9.69 Å². The maximum Gasteiger partial charge on any atom is 0.239 e. The third kappa shape index (κ3) is 4.95. The Morgan fingerprint density at radius 1 is 1.30 bits per heavy atom. The summed E-state index contributed by atoms with van der Waals surface area (Å²) in [6.07, 6.45) is 2.60. The van der Waals surface area contributed by atoms with Gasteiger partial charge in [-0.05, 0) is 63.9 Å². The van der Waals surface area contributed by atoms with E-state index in [1.807, 2.05) is 42.7 Å². The van der Waals surface area contributed by atoms with Gasteiger partial charge in [0.25, 0.3) is 0 Å². The lowest BCUT2D eigenvalue weighted by atomic mass is 9.97. The molecule has 174 valence electrons. The molecule has 1 fully saturated rings. The molecular formula is C25H31N5O3. The molecule has 2 aromatic heterocycles. The van der Waals surface area contributed by atoms with Crippen LogP contribution in [0, 0.1) is 25.2 Å². The summed E-state index contributed by atoms with van der Waals surface area (Å²) in [5, 5.41) is 12.7. The molecule has 3 heterocycles. The lowest BCUT2D eigenvalue weighted by Gasteiger charge is -2.30. The van der Waals surface area contributed by atoms with Gasteiger partial charge in [0.1, 0.15) is 17.4 Å². The second kappa shape index (κ2) is 10.2. The standard InChI is InChI=1S/C25H31N5O3/c1-17-18(2)30(11-6-14-32-3)24(20(17)15-26)28-23(31)16-29-12-9-19(10-13-29)25-27-21-7-4-5-8-22(21)33-25/h4-5,7-8,19H,6,9-14,16H2,1-3H3,(H,28,31). The number of fused-ring (bicyclic) bond motifs is 1. The molecule has 0 unspecified atom stereocenters. The van der Waals surface area contributed by atoms with Crippen molar-refractivity contribution in [2.24, 2.45) is 0 Å². The van der Waals surface area contributed by atoms with Crippen molar-refractivity contribution >= 4 is 22.8 Å². The zero-order valence-electron chi connectivity index (χ0n) is 19.6. The molecule has 1 aromatic carbocycles. The molecular weight excluding hydrogens is 418 g/mol. The van der Waals surface area contributed by atoms with Crippen molar-refractivity contribution in [3.8, 4) is 6.07 Å². The Morgan fingerprint density at radius 3 is 2.76 bits per heavy atom. The van der Waals surface area contributed by atoms with E-state index >= 15 is 0 Å². The molecule has 0 bridgehead atoms. The normalized spacial score (nSPS) is 15.1. The molecule has 4 rings (SSSR count). The summed E-state index contributed by atoms with van der Waals surface area (Å²) >= 11 is 0. The summed E-state index contributed by atoms with van der Waals surface area (Å²) in [4.78, 5) is 19.7. The highest BCUT2D eigenvalue weighted by atomic mass is 16.5. The van der Waals surface area contributed by atoms with Gasteiger partial charge in [0, 0.05) is 31.9 Å². The van der Waals surface area contributed by atoms with Crippen LogP contribution in [0.4, 0.5) is 5.82 Å². The second-order valence-corrected chi connectivity index (χ2v) is 8.66. The maximum atomic E-state index is 12.9. The minimum atomic E-state index is -0.0997. The topological polar surface area (TPSA) is 96.3 Å². The number of carbonyl (C=O) groups is 1. The summed E-state index contributed by atoms with van der Waals surface area (Å²) in [6, 6.07) is 10.1.